The van der Waals surface area contributed by atoms with Crippen LogP contribution in [0.3, 0.4) is 0 Å². The van der Waals surface area contributed by atoms with Crippen molar-refractivity contribution in [2.75, 3.05) is 11.9 Å². The Morgan fingerprint density at radius 2 is 1.65 bits per heavy atom. The molecule has 0 unspecified atom stereocenters. The number of hydrogen-bond acceptors (Lipinski definition) is 2. The minimum Gasteiger partial charge on any atom is -0.372 e. The fraction of sp³-hybridized carbons (Fsp3) is 0.667. The van der Waals surface area contributed by atoms with E-state index in [0.29, 0.717) is 0 Å². The molecule has 2 fully saturated rings. The van der Waals surface area contributed by atoms with Crippen LogP contribution in [0.1, 0.15) is 51.0 Å². The molecule has 0 atom stereocenters. The van der Waals surface area contributed by atoms with Gasteiger partial charge in [-0.25, -0.2) is 0 Å². The zero-order chi connectivity index (χ0) is 13.9. The molecule has 2 heteroatoms. The van der Waals surface area contributed by atoms with Gasteiger partial charge < -0.3 is 10.2 Å². The minimum atomic E-state index is 0.738. The van der Waals surface area contributed by atoms with Crippen molar-refractivity contribution in [2.24, 2.45) is 5.92 Å². The summed E-state index contributed by atoms with van der Waals surface area (Å²) in [4.78, 5) is 2.49. The highest BCUT2D eigenvalue weighted by Crippen LogP contribution is 2.29. The van der Waals surface area contributed by atoms with Gasteiger partial charge in [0.1, 0.15) is 0 Å². The van der Waals surface area contributed by atoms with Crippen molar-refractivity contribution in [1.82, 2.24) is 5.32 Å². The average Bonchev–Trinajstić information content (AvgIpc) is 3.30. The van der Waals surface area contributed by atoms with Gasteiger partial charge in [-0.05, 0) is 62.1 Å². The predicted molar refractivity (Wildman–Crippen MR) is 86.1 cm³/mol. The zero-order valence-electron chi connectivity index (χ0n) is 12.9. The Labute approximate surface area is 123 Å². The van der Waals surface area contributed by atoms with Crippen LogP contribution in [-0.4, -0.2) is 19.1 Å². The minimum absolute atomic E-state index is 0.738. The molecule has 1 aromatic rings. The molecule has 1 N–H and O–H groups in total. The number of benzene rings is 1. The highest BCUT2D eigenvalue weighted by molar-refractivity contribution is 5.48. The van der Waals surface area contributed by atoms with Crippen LogP contribution in [0.5, 0.6) is 0 Å². The van der Waals surface area contributed by atoms with E-state index in [9.17, 15) is 0 Å². The maximum atomic E-state index is 3.58. The second-order valence-corrected chi connectivity index (χ2v) is 6.85. The lowest BCUT2D eigenvalue weighted by molar-refractivity contribution is 0.341. The third kappa shape index (κ3) is 3.54. The first-order valence-corrected chi connectivity index (χ1v) is 8.27. The van der Waals surface area contributed by atoms with Crippen LogP contribution in [0.25, 0.3) is 0 Å². The first-order valence-electron chi connectivity index (χ1n) is 8.27. The van der Waals surface area contributed by atoms with Crippen molar-refractivity contribution in [2.45, 2.75) is 64.1 Å². The summed E-state index contributed by atoms with van der Waals surface area (Å²) in [5.74, 6) is 0.926. The average molecular weight is 272 g/mol. The molecule has 0 bridgehead atoms. The molecule has 110 valence electrons. The summed E-state index contributed by atoms with van der Waals surface area (Å²) in [7, 11) is 2.26. The molecule has 0 aromatic heterocycles. The number of nitrogens with one attached hydrogen (secondary N) is 1. The molecule has 0 spiro atoms. The Morgan fingerprint density at radius 3 is 2.25 bits per heavy atom. The van der Waals surface area contributed by atoms with Crippen molar-refractivity contribution in [1.29, 1.82) is 0 Å². The number of rotatable bonds is 5. The highest BCUT2D eigenvalue weighted by atomic mass is 15.1. The van der Waals surface area contributed by atoms with Gasteiger partial charge >= 0.3 is 0 Å². The summed E-state index contributed by atoms with van der Waals surface area (Å²) in [6, 6.07) is 10.7. The second kappa shape index (κ2) is 6.17. The zero-order valence-corrected chi connectivity index (χ0v) is 12.9. The van der Waals surface area contributed by atoms with E-state index in [2.05, 4.69) is 48.5 Å². The molecular formula is C18H28N2. The SMILES string of the molecule is CC1CCC(N(C)c2ccc(CNC3CC3)cc2)CC1. The molecule has 2 aliphatic rings. The van der Waals surface area contributed by atoms with Crippen LogP contribution in [0.15, 0.2) is 24.3 Å². The summed E-state index contributed by atoms with van der Waals surface area (Å²) in [5.41, 5.74) is 2.78. The van der Waals surface area contributed by atoms with Gasteiger partial charge in [0.25, 0.3) is 0 Å². The number of anilines is 1. The largest absolute Gasteiger partial charge is 0.372 e. The van der Waals surface area contributed by atoms with Crippen LogP contribution >= 0.6 is 0 Å². The van der Waals surface area contributed by atoms with Crippen molar-refractivity contribution in [3.05, 3.63) is 29.8 Å². The molecule has 2 saturated carbocycles. The molecule has 0 amide bonds. The number of nitrogens with zero attached hydrogens (tertiary/aromatic N) is 1. The third-order valence-electron chi connectivity index (χ3n) is 5.05. The van der Waals surface area contributed by atoms with E-state index >= 15 is 0 Å². The van der Waals surface area contributed by atoms with Crippen LogP contribution in [-0.2, 0) is 6.54 Å². The quantitative estimate of drug-likeness (QED) is 0.873. The van der Waals surface area contributed by atoms with E-state index in [-0.39, 0.29) is 0 Å². The van der Waals surface area contributed by atoms with Crippen LogP contribution < -0.4 is 10.2 Å². The Bertz CT molecular complexity index is 414. The van der Waals surface area contributed by atoms with Gasteiger partial charge in [-0.1, -0.05) is 19.1 Å². The van der Waals surface area contributed by atoms with E-state index < -0.39 is 0 Å². The maximum Gasteiger partial charge on any atom is 0.0366 e. The molecule has 3 rings (SSSR count). The van der Waals surface area contributed by atoms with Gasteiger partial charge in [-0.3, -0.25) is 0 Å². The molecule has 0 saturated heterocycles. The molecular weight excluding hydrogens is 244 g/mol. The van der Waals surface area contributed by atoms with E-state index in [1.165, 1.54) is 49.8 Å². The summed E-state index contributed by atoms with van der Waals surface area (Å²) in [6.45, 7) is 3.41. The monoisotopic (exact) mass is 272 g/mol. The van der Waals surface area contributed by atoms with Crippen molar-refractivity contribution < 1.29 is 0 Å². The van der Waals surface area contributed by atoms with Gasteiger partial charge in [0.15, 0.2) is 0 Å². The predicted octanol–water partition coefficient (Wildman–Crippen LogP) is 3.95. The smallest absolute Gasteiger partial charge is 0.0366 e. The van der Waals surface area contributed by atoms with Crippen molar-refractivity contribution in [3.63, 3.8) is 0 Å². The highest BCUT2D eigenvalue weighted by Gasteiger charge is 2.22. The van der Waals surface area contributed by atoms with Crippen LogP contribution in [0, 0.1) is 5.92 Å². The Kier molecular flexibility index (Phi) is 4.30. The Hall–Kier alpha value is -1.02. The lowest BCUT2D eigenvalue weighted by Gasteiger charge is -2.35. The normalized spacial score (nSPS) is 26.5. The molecule has 0 heterocycles. The first kappa shape index (κ1) is 13.9. The Morgan fingerprint density at radius 1 is 1.00 bits per heavy atom. The maximum absolute atomic E-state index is 3.58. The molecule has 2 nitrogen and oxygen atoms in total. The van der Waals surface area contributed by atoms with E-state index in [1.54, 1.807) is 0 Å². The fourth-order valence-electron chi connectivity index (χ4n) is 3.24. The molecule has 1 aromatic carbocycles. The molecule has 0 radical (unpaired) electrons. The Balaban J connectivity index is 1.55. The third-order valence-corrected chi connectivity index (χ3v) is 5.05. The fourth-order valence-corrected chi connectivity index (χ4v) is 3.24. The molecule has 2 aliphatic carbocycles. The van der Waals surface area contributed by atoms with Gasteiger partial charge in [0.2, 0.25) is 0 Å². The number of hydrogen-bond donors (Lipinski definition) is 1. The lowest BCUT2D eigenvalue weighted by atomic mass is 9.86. The van der Waals surface area contributed by atoms with E-state index in [4.69, 9.17) is 0 Å². The summed E-state index contributed by atoms with van der Waals surface area (Å²) < 4.78 is 0. The van der Waals surface area contributed by atoms with Crippen molar-refractivity contribution >= 4 is 5.69 Å². The van der Waals surface area contributed by atoms with E-state index in [0.717, 1.165) is 24.5 Å². The van der Waals surface area contributed by atoms with Crippen LogP contribution in [0.2, 0.25) is 0 Å². The van der Waals surface area contributed by atoms with Gasteiger partial charge in [-0.2, -0.15) is 0 Å². The van der Waals surface area contributed by atoms with Gasteiger partial charge in [-0.15, -0.1) is 0 Å². The second-order valence-electron chi connectivity index (χ2n) is 6.85. The lowest BCUT2D eigenvalue weighted by Crippen LogP contribution is -2.34. The van der Waals surface area contributed by atoms with Crippen LogP contribution in [0.4, 0.5) is 5.69 Å². The standard InChI is InChI=1S/C18H28N2/c1-14-3-9-17(10-4-14)20(2)18-11-5-15(6-12-18)13-19-16-7-8-16/h5-6,11-12,14,16-17,19H,3-4,7-10,13H2,1-2H3. The van der Waals surface area contributed by atoms with Gasteiger partial charge in [0, 0.05) is 31.4 Å². The summed E-state index contributed by atoms with van der Waals surface area (Å²) in [5, 5.41) is 3.58. The molecule has 20 heavy (non-hydrogen) atoms. The summed E-state index contributed by atoms with van der Waals surface area (Å²) in [6.07, 6.45) is 8.20. The first-order chi connectivity index (χ1) is 9.72. The van der Waals surface area contributed by atoms with Gasteiger partial charge in [0.05, 0.1) is 0 Å². The topological polar surface area (TPSA) is 15.3 Å². The summed E-state index contributed by atoms with van der Waals surface area (Å²) >= 11 is 0. The molecule has 0 aliphatic heterocycles. The van der Waals surface area contributed by atoms with E-state index in [1.807, 2.05) is 0 Å². The van der Waals surface area contributed by atoms with Crippen molar-refractivity contribution in [3.8, 4) is 0 Å².